The van der Waals surface area contributed by atoms with Crippen LogP contribution in [0.1, 0.15) is 0 Å². The summed E-state index contributed by atoms with van der Waals surface area (Å²) < 4.78 is 10.7. The lowest BCUT2D eigenvalue weighted by Gasteiger charge is -2.08. The first-order valence-electron chi connectivity index (χ1n) is 4.91. The number of rotatable bonds is 3. The molecule has 2 aromatic rings. The number of nitrogen functional groups attached to an aromatic ring is 1. The van der Waals surface area contributed by atoms with E-state index in [-0.39, 0.29) is 0 Å². The summed E-state index contributed by atoms with van der Waals surface area (Å²) in [6.45, 7) is 0. The topological polar surface area (TPSA) is 57.4 Å². The van der Waals surface area contributed by atoms with Gasteiger partial charge < -0.3 is 15.2 Å². The molecule has 0 fully saturated rings. The van der Waals surface area contributed by atoms with Crippen molar-refractivity contribution in [2.75, 3.05) is 12.8 Å². The van der Waals surface area contributed by atoms with Crippen LogP contribution in [0.2, 0.25) is 5.02 Å². The van der Waals surface area contributed by atoms with Crippen molar-refractivity contribution < 1.29 is 9.47 Å². The number of hydrogen-bond acceptors (Lipinski definition) is 4. The molecular weight excluding hydrogens is 240 g/mol. The van der Waals surface area contributed by atoms with Crippen molar-refractivity contribution in [2.45, 2.75) is 0 Å². The SMILES string of the molecule is COc1cc(Oc2cncc(Cl)c2)ccc1N. The summed E-state index contributed by atoms with van der Waals surface area (Å²) in [7, 11) is 1.55. The summed E-state index contributed by atoms with van der Waals surface area (Å²) in [5, 5.41) is 0.518. The minimum Gasteiger partial charge on any atom is -0.494 e. The van der Waals surface area contributed by atoms with Crippen LogP contribution in [0.3, 0.4) is 0 Å². The number of pyridine rings is 1. The molecule has 0 spiro atoms. The van der Waals surface area contributed by atoms with Gasteiger partial charge in [-0.2, -0.15) is 0 Å². The van der Waals surface area contributed by atoms with Gasteiger partial charge in [0.2, 0.25) is 0 Å². The average molecular weight is 251 g/mol. The zero-order valence-corrected chi connectivity index (χ0v) is 9.94. The maximum atomic E-state index is 5.81. The molecule has 2 N–H and O–H groups in total. The van der Waals surface area contributed by atoms with Gasteiger partial charge in [0.15, 0.2) is 0 Å². The summed E-state index contributed by atoms with van der Waals surface area (Å²) in [4.78, 5) is 3.93. The van der Waals surface area contributed by atoms with Crippen LogP contribution in [-0.2, 0) is 0 Å². The highest BCUT2D eigenvalue weighted by Crippen LogP contribution is 2.30. The van der Waals surface area contributed by atoms with Gasteiger partial charge in [-0.25, -0.2) is 0 Å². The van der Waals surface area contributed by atoms with E-state index in [9.17, 15) is 0 Å². The van der Waals surface area contributed by atoms with Crippen LogP contribution >= 0.6 is 11.6 Å². The molecule has 0 saturated heterocycles. The zero-order valence-electron chi connectivity index (χ0n) is 9.18. The van der Waals surface area contributed by atoms with Crippen LogP contribution < -0.4 is 15.2 Å². The normalized spacial score (nSPS) is 10.0. The first kappa shape index (κ1) is 11.5. The van der Waals surface area contributed by atoms with E-state index in [0.29, 0.717) is 28.0 Å². The third-order valence-corrected chi connectivity index (χ3v) is 2.33. The van der Waals surface area contributed by atoms with Crippen molar-refractivity contribution in [3.63, 3.8) is 0 Å². The molecule has 0 atom stereocenters. The Morgan fingerprint density at radius 2 is 2.00 bits per heavy atom. The molecule has 17 heavy (non-hydrogen) atoms. The van der Waals surface area contributed by atoms with E-state index in [0.717, 1.165) is 0 Å². The average Bonchev–Trinajstić information content (AvgIpc) is 2.32. The molecule has 88 valence electrons. The molecule has 0 bridgehead atoms. The lowest BCUT2D eigenvalue weighted by molar-refractivity contribution is 0.411. The Balaban J connectivity index is 2.24. The van der Waals surface area contributed by atoms with E-state index in [1.54, 1.807) is 37.6 Å². The van der Waals surface area contributed by atoms with E-state index in [1.165, 1.54) is 6.20 Å². The number of nitrogens with two attached hydrogens (primary N) is 1. The van der Waals surface area contributed by atoms with Gasteiger partial charge in [0.1, 0.15) is 17.2 Å². The van der Waals surface area contributed by atoms with Gasteiger partial charge in [-0.05, 0) is 12.1 Å². The number of methoxy groups -OCH3 is 1. The minimum atomic E-state index is 0.518. The van der Waals surface area contributed by atoms with Crippen LogP contribution in [0.5, 0.6) is 17.2 Å². The zero-order chi connectivity index (χ0) is 12.3. The minimum absolute atomic E-state index is 0.518. The summed E-state index contributed by atoms with van der Waals surface area (Å²) in [6.07, 6.45) is 3.12. The van der Waals surface area contributed by atoms with Gasteiger partial charge in [0, 0.05) is 18.3 Å². The maximum absolute atomic E-state index is 5.81. The lowest BCUT2D eigenvalue weighted by Crippen LogP contribution is -1.93. The Morgan fingerprint density at radius 3 is 2.71 bits per heavy atom. The third-order valence-electron chi connectivity index (χ3n) is 2.12. The summed E-state index contributed by atoms with van der Waals surface area (Å²) in [5.41, 5.74) is 6.26. The second kappa shape index (κ2) is 4.93. The van der Waals surface area contributed by atoms with Crippen LogP contribution in [0.25, 0.3) is 0 Å². The smallest absolute Gasteiger partial charge is 0.147 e. The largest absolute Gasteiger partial charge is 0.494 e. The molecule has 1 aromatic heterocycles. The van der Waals surface area contributed by atoms with Gasteiger partial charge >= 0.3 is 0 Å². The number of ether oxygens (including phenoxy) is 2. The Morgan fingerprint density at radius 1 is 1.18 bits per heavy atom. The fraction of sp³-hybridized carbons (Fsp3) is 0.0833. The van der Waals surface area contributed by atoms with E-state index in [2.05, 4.69) is 4.98 Å². The molecule has 1 aromatic carbocycles. The molecule has 1 heterocycles. The monoisotopic (exact) mass is 250 g/mol. The van der Waals surface area contributed by atoms with Gasteiger partial charge in [-0.1, -0.05) is 11.6 Å². The van der Waals surface area contributed by atoms with Crippen molar-refractivity contribution >= 4 is 17.3 Å². The van der Waals surface area contributed by atoms with Crippen LogP contribution in [0.15, 0.2) is 36.7 Å². The molecule has 0 radical (unpaired) electrons. The molecule has 0 aliphatic carbocycles. The Hall–Kier alpha value is -1.94. The van der Waals surface area contributed by atoms with Crippen molar-refractivity contribution in [3.05, 3.63) is 41.7 Å². The highest BCUT2D eigenvalue weighted by Gasteiger charge is 2.03. The van der Waals surface area contributed by atoms with Gasteiger partial charge in [0.05, 0.1) is 24.0 Å². The summed E-state index contributed by atoms with van der Waals surface area (Å²) >= 11 is 5.81. The predicted octanol–water partition coefficient (Wildman–Crippen LogP) is 3.12. The summed E-state index contributed by atoms with van der Waals surface area (Å²) in [5.74, 6) is 1.74. The predicted molar refractivity (Wildman–Crippen MR) is 66.7 cm³/mol. The first-order valence-corrected chi connectivity index (χ1v) is 5.29. The number of benzene rings is 1. The molecule has 4 nitrogen and oxygen atoms in total. The molecule has 0 aliphatic heterocycles. The molecule has 0 amide bonds. The van der Waals surface area contributed by atoms with Crippen LogP contribution in [-0.4, -0.2) is 12.1 Å². The Labute approximate surface area is 104 Å². The summed E-state index contributed by atoms with van der Waals surface area (Å²) in [6, 6.07) is 6.85. The fourth-order valence-corrected chi connectivity index (χ4v) is 1.50. The van der Waals surface area contributed by atoms with Crippen LogP contribution in [0, 0.1) is 0 Å². The second-order valence-electron chi connectivity index (χ2n) is 3.34. The number of hydrogen-bond donors (Lipinski definition) is 1. The van der Waals surface area contributed by atoms with E-state index < -0.39 is 0 Å². The number of nitrogens with zero attached hydrogens (tertiary/aromatic N) is 1. The second-order valence-corrected chi connectivity index (χ2v) is 3.78. The standard InChI is InChI=1S/C12H11ClN2O2/c1-16-12-5-9(2-3-11(12)14)17-10-4-8(13)6-15-7-10/h2-7H,14H2,1H3. The van der Waals surface area contributed by atoms with Crippen molar-refractivity contribution in [3.8, 4) is 17.2 Å². The van der Waals surface area contributed by atoms with Crippen molar-refractivity contribution in [2.24, 2.45) is 0 Å². The van der Waals surface area contributed by atoms with Gasteiger partial charge in [0.25, 0.3) is 0 Å². The molecule has 0 unspecified atom stereocenters. The van der Waals surface area contributed by atoms with Crippen molar-refractivity contribution in [1.29, 1.82) is 0 Å². The highest BCUT2D eigenvalue weighted by molar-refractivity contribution is 6.30. The number of anilines is 1. The Kier molecular flexibility index (Phi) is 3.35. The number of aromatic nitrogens is 1. The quantitative estimate of drug-likeness (QED) is 0.851. The van der Waals surface area contributed by atoms with E-state index in [1.807, 2.05) is 0 Å². The number of halogens is 1. The lowest BCUT2D eigenvalue weighted by atomic mass is 10.3. The molecule has 2 rings (SSSR count). The first-order chi connectivity index (χ1) is 8.19. The highest BCUT2D eigenvalue weighted by atomic mass is 35.5. The molecule has 0 saturated carbocycles. The molecule has 5 heteroatoms. The molecule has 0 aliphatic rings. The van der Waals surface area contributed by atoms with E-state index >= 15 is 0 Å². The van der Waals surface area contributed by atoms with Gasteiger partial charge in [-0.3, -0.25) is 4.98 Å². The van der Waals surface area contributed by atoms with Crippen LogP contribution in [0.4, 0.5) is 5.69 Å². The Bertz CT molecular complexity index is 532. The van der Waals surface area contributed by atoms with Crippen molar-refractivity contribution in [1.82, 2.24) is 4.98 Å². The maximum Gasteiger partial charge on any atom is 0.147 e. The third kappa shape index (κ3) is 2.79. The fourth-order valence-electron chi connectivity index (χ4n) is 1.34. The van der Waals surface area contributed by atoms with E-state index in [4.69, 9.17) is 26.8 Å². The van der Waals surface area contributed by atoms with Gasteiger partial charge in [-0.15, -0.1) is 0 Å². The molecular formula is C12H11ClN2O2.